The molecule has 0 spiro atoms. The largest absolute Gasteiger partial charge is 0.507 e. The number of sulfonamides is 2. The molecule has 0 saturated heterocycles. The molecule has 0 bridgehead atoms. The van der Waals surface area contributed by atoms with Crippen LogP contribution in [0.3, 0.4) is 0 Å². The molecule has 240 valence electrons. The Hall–Kier alpha value is -5.65. The summed E-state index contributed by atoms with van der Waals surface area (Å²) >= 11 is 0. The van der Waals surface area contributed by atoms with E-state index in [2.05, 4.69) is 14.4 Å². The predicted octanol–water partition coefficient (Wildman–Crippen LogP) is 7.78. The van der Waals surface area contributed by atoms with Crippen LogP contribution in [-0.2, 0) is 26.5 Å². The van der Waals surface area contributed by atoms with Crippen LogP contribution in [0.5, 0.6) is 11.5 Å². The van der Waals surface area contributed by atoms with Crippen molar-refractivity contribution >= 4 is 63.9 Å². The Bertz CT molecular complexity index is 2610. The molecular formula is C37H29N3O6S2. The van der Waals surface area contributed by atoms with Crippen LogP contribution in [0.1, 0.15) is 12.5 Å². The lowest BCUT2D eigenvalue weighted by molar-refractivity contribution is 0.478. The molecule has 1 heterocycles. The number of phenolic OH excluding ortho intramolecular Hbond substituents is 2. The molecular weight excluding hydrogens is 647 g/mol. The molecule has 0 radical (unpaired) electrons. The highest BCUT2D eigenvalue weighted by Gasteiger charge is 2.19. The normalized spacial score (nSPS) is 12.0. The molecule has 7 aromatic rings. The standard InChI is InChI=1S/C37H29N3O6S2/c1-2-23-8-13-28(14-9-23)47(43,44)39-33-7-3-5-25-21-32(36(42)22-31(25)33)26-11-10-24-12-15-29(20-27(24)19-26)48(45,46)40-34-16-17-35(41)37-30(34)6-4-18-38-37/h3-22,39-42H,2H2,1H3. The number of fused-ring (bicyclic) bond motifs is 3. The number of nitrogens with one attached hydrogen (secondary N) is 2. The zero-order valence-electron chi connectivity index (χ0n) is 25.5. The van der Waals surface area contributed by atoms with Crippen LogP contribution in [0.25, 0.3) is 43.6 Å². The fourth-order valence-corrected chi connectivity index (χ4v) is 7.95. The highest BCUT2D eigenvalue weighted by atomic mass is 32.2. The fourth-order valence-electron chi connectivity index (χ4n) is 5.75. The van der Waals surface area contributed by atoms with Gasteiger partial charge in [0, 0.05) is 22.5 Å². The second-order valence-corrected chi connectivity index (χ2v) is 14.7. The zero-order chi connectivity index (χ0) is 33.6. The third-order valence-electron chi connectivity index (χ3n) is 8.31. The summed E-state index contributed by atoms with van der Waals surface area (Å²) in [6.45, 7) is 2.00. The molecule has 4 N–H and O–H groups in total. The molecule has 9 nitrogen and oxygen atoms in total. The summed E-state index contributed by atoms with van der Waals surface area (Å²) < 4.78 is 58.6. The molecule has 0 aliphatic carbocycles. The third kappa shape index (κ3) is 5.74. The molecule has 1 aromatic heterocycles. The molecule has 48 heavy (non-hydrogen) atoms. The molecule has 6 aromatic carbocycles. The number of benzene rings is 6. The lowest BCUT2D eigenvalue weighted by atomic mass is 9.97. The minimum atomic E-state index is -4.03. The number of anilines is 2. The van der Waals surface area contributed by atoms with Gasteiger partial charge >= 0.3 is 0 Å². The predicted molar refractivity (Wildman–Crippen MR) is 189 cm³/mol. The number of pyridine rings is 1. The van der Waals surface area contributed by atoms with Gasteiger partial charge in [-0.25, -0.2) is 16.8 Å². The van der Waals surface area contributed by atoms with Crippen LogP contribution >= 0.6 is 0 Å². The third-order valence-corrected chi connectivity index (χ3v) is 11.1. The summed E-state index contributed by atoms with van der Waals surface area (Å²) in [5, 5.41) is 24.4. The van der Waals surface area contributed by atoms with E-state index in [9.17, 15) is 27.0 Å². The van der Waals surface area contributed by atoms with Crippen LogP contribution < -0.4 is 9.44 Å². The first-order chi connectivity index (χ1) is 23.0. The second-order valence-electron chi connectivity index (χ2n) is 11.4. The first-order valence-corrected chi connectivity index (χ1v) is 18.0. The minimum absolute atomic E-state index is 0.0289. The Morgan fingerprint density at radius 3 is 2.08 bits per heavy atom. The zero-order valence-corrected chi connectivity index (χ0v) is 27.2. The smallest absolute Gasteiger partial charge is 0.261 e. The van der Waals surface area contributed by atoms with E-state index in [0.29, 0.717) is 38.4 Å². The maximum Gasteiger partial charge on any atom is 0.261 e. The molecule has 0 saturated carbocycles. The maximum atomic E-state index is 13.5. The van der Waals surface area contributed by atoms with Crippen molar-refractivity contribution in [2.75, 3.05) is 9.44 Å². The summed E-state index contributed by atoms with van der Waals surface area (Å²) in [7, 11) is -7.91. The van der Waals surface area contributed by atoms with Crippen molar-refractivity contribution in [1.82, 2.24) is 4.98 Å². The summed E-state index contributed by atoms with van der Waals surface area (Å²) in [4.78, 5) is 4.32. The first kappa shape index (κ1) is 31.0. The SMILES string of the molecule is CCc1ccc(S(=O)(=O)Nc2cccc3cc(-c4ccc5ccc(S(=O)(=O)Nc6ccc(O)c7ncccc67)cc5c4)c(O)cc23)cc1. The van der Waals surface area contributed by atoms with Gasteiger partial charge in [-0.1, -0.05) is 49.4 Å². The minimum Gasteiger partial charge on any atom is -0.507 e. The van der Waals surface area contributed by atoms with E-state index in [1.807, 2.05) is 25.1 Å². The average molecular weight is 676 g/mol. The van der Waals surface area contributed by atoms with E-state index in [-0.39, 0.29) is 32.5 Å². The van der Waals surface area contributed by atoms with Gasteiger partial charge < -0.3 is 10.2 Å². The van der Waals surface area contributed by atoms with Crippen molar-refractivity contribution in [3.8, 4) is 22.6 Å². The molecule has 0 unspecified atom stereocenters. The Kier molecular flexibility index (Phi) is 7.65. The highest BCUT2D eigenvalue weighted by molar-refractivity contribution is 7.93. The number of hydrogen-bond acceptors (Lipinski definition) is 7. The molecule has 0 aliphatic heterocycles. The van der Waals surface area contributed by atoms with Crippen molar-refractivity contribution in [3.63, 3.8) is 0 Å². The number of rotatable bonds is 8. The van der Waals surface area contributed by atoms with Crippen molar-refractivity contribution in [3.05, 3.63) is 127 Å². The Morgan fingerprint density at radius 1 is 0.604 bits per heavy atom. The molecule has 0 aliphatic rings. The molecule has 11 heteroatoms. The van der Waals surface area contributed by atoms with Gasteiger partial charge in [0.05, 0.1) is 21.2 Å². The van der Waals surface area contributed by atoms with E-state index in [0.717, 1.165) is 17.4 Å². The Labute approximate surface area is 277 Å². The van der Waals surface area contributed by atoms with Gasteiger partial charge in [-0.2, -0.15) is 0 Å². The molecule has 7 rings (SSSR count). The van der Waals surface area contributed by atoms with Gasteiger partial charge in [0.25, 0.3) is 20.0 Å². The number of aryl methyl sites for hydroxylation is 1. The van der Waals surface area contributed by atoms with E-state index in [4.69, 9.17) is 0 Å². The van der Waals surface area contributed by atoms with Crippen molar-refractivity contribution in [2.45, 2.75) is 23.1 Å². The number of aromatic nitrogens is 1. The van der Waals surface area contributed by atoms with E-state index in [1.165, 1.54) is 30.5 Å². The van der Waals surface area contributed by atoms with Crippen molar-refractivity contribution < 1.29 is 27.0 Å². The lowest BCUT2D eigenvalue weighted by Crippen LogP contribution is -2.13. The second kappa shape index (κ2) is 11.9. The quantitative estimate of drug-likeness (QED) is 0.120. The highest BCUT2D eigenvalue weighted by Crippen LogP contribution is 2.38. The van der Waals surface area contributed by atoms with E-state index in [1.54, 1.807) is 72.8 Å². The van der Waals surface area contributed by atoms with Gasteiger partial charge in [0.15, 0.2) is 0 Å². The van der Waals surface area contributed by atoms with Crippen LogP contribution in [0.2, 0.25) is 0 Å². The average Bonchev–Trinajstić information content (AvgIpc) is 3.09. The topological polar surface area (TPSA) is 146 Å². The number of aromatic hydroxyl groups is 2. The molecule has 0 amide bonds. The van der Waals surface area contributed by atoms with Gasteiger partial charge in [-0.15, -0.1) is 0 Å². The number of phenols is 2. The van der Waals surface area contributed by atoms with Crippen LogP contribution in [0.4, 0.5) is 11.4 Å². The van der Waals surface area contributed by atoms with Gasteiger partial charge in [-0.3, -0.25) is 14.4 Å². The summed E-state index contributed by atoms with van der Waals surface area (Å²) in [6, 6.07) is 31.6. The number of hydrogen-bond donors (Lipinski definition) is 4. The molecule has 0 fully saturated rings. The van der Waals surface area contributed by atoms with Gasteiger partial charge in [-0.05, 0) is 107 Å². The number of nitrogens with zero attached hydrogens (tertiary/aromatic N) is 1. The van der Waals surface area contributed by atoms with Crippen molar-refractivity contribution in [2.24, 2.45) is 0 Å². The van der Waals surface area contributed by atoms with Gasteiger partial charge in [0.2, 0.25) is 0 Å². The summed E-state index contributed by atoms with van der Waals surface area (Å²) in [5.74, 6) is -0.127. The maximum absolute atomic E-state index is 13.5. The summed E-state index contributed by atoms with van der Waals surface area (Å²) in [5.41, 5.74) is 3.05. The lowest BCUT2D eigenvalue weighted by Gasteiger charge is -2.14. The Morgan fingerprint density at radius 2 is 1.31 bits per heavy atom. The van der Waals surface area contributed by atoms with Crippen molar-refractivity contribution in [1.29, 1.82) is 0 Å². The molecule has 0 atom stereocenters. The van der Waals surface area contributed by atoms with Crippen LogP contribution in [-0.4, -0.2) is 32.0 Å². The van der Waals surface area contributed by atoms with Gasteiger partial charge in [0.1, 0.15) is 17.0 Å². The van der Waals surface area contributed by atoms with Crippen LogP contribution in [0.15, 0.2) is 131 Å². The van der Waals surface area contributed by atoms with Crippen LogP contribution in [0, 0.1) is 0 Å². The fraction of sp³-hybridized carbons (Fsp3) is 0.0541. The van der Waals surface area contributed by atoms with E-state index >= 15 is 0 Å². The first-order valence-electron chi connectivity index (χ1n) is 15.0. The summed E-state index contributed by atoms with van der Waals surface area (Å²) in [6.07, 6.45) is 2.31. The Balaban J connectivity index is 1.22. The van der Waals surface area contributed by atoms with E-state index < -0.39 is 20.0 Å². The monoisotopic (exact) mass is 675 g/mol.